The second-order valence-electron chi connectivity index (χ2n) is 7.28. The number of carbonyl (C=O) groups is 1. The van der Waals surface area contributed by atoms with Crippen molar-refractivity contribution in [2.24, 2.45) is 11.8 Å². The summed E-state index contributed by atoms with van der Waals surface area (Å²) in [5.41, 5.74) is 6.80. The Labute approximate surface area is 136 Å². The number of carbonyl (C=O) groups excluding carboxylic acids is 1. The molecule has 0 unspecified atom stereocenters. The number of nitrogens with two attached hydrogens (primary N) is 1. The van der Waals surface area contributed by atoms with Gasteiger partial charge in [-0.3, -0.25) is 9.69 Å². The molecule has 2 N–H and O–H groups in total. The molecule has 126 valence electrons. The molecule has 1 aromatic carbocycles. The molecule has 1 heterocycles. The highest BCUT2D eigenvalue weighted by atomic mass is 19.1. The number of hydrogen-bond donors (Lipinski definition) is 1. The Morgan fingerprint density at radius 2 is 2.09 bits per heavy atom. The van der Waals surface area contributed by atoms with E-state index in [-0.39, 0.29) is 23.6 Å². The van der Waals surface area contributed by atoms with Gasteiger partial charge in [-0.2, -0.15) is 0 Å². The number of halogens is 1. The van der Waals surface area contributed by atoms with Crippen molar-refractivity contribution in [3.63, 3.8) is 0 Å². The summed E-state index contributed by atoms with van der Waals surface area (Å²) in [6.45, 7) is 6.29. The maximum absolute atomic E-state index is 13.9. The van der Waals surface area contributed by atoms with Gasteiger partial charge in [0.15, 0.2) is 0 Å². The van der Waals surface area contributed by atoms with E-state index in [4.69, 9.17) is 10.5 Å². The number of ether oxygens (including phenoxy) is 1. The Morgan fingerprint density at radius 1 is 1.39 bits per heavy atom. The van der Waals surface area contributed by atoms with Gasteiger partial charge in [-0.25, -0.2) is 4.39 Å². The van der Waals surface area contributed by atoms with Gasteiger partial charge in [0.25, 0.3) is 0 Å². The zero-order valence-corrected chi connectivity index (χ0v) is 13.8. The highest BCUT2D eigenvalue weighted by Gasteiger charge is 2.43. The SMILES string of the molecule is CC(C)COC(=O)[C@H]1C[C@@H](N2CC(c3ccc(N)cc3F)C2)C1. The molecule has 1 aliphatic carbocycles. The van der Waals surface area contributed by atoms with E-state index in [1.54, 1.807) is 12.1 Å². The van der Waals surface area contributed by atoms with Crippen molar-refractivity contribution in [3.8, 4) is 0 Å². The molecular weight excluding hydrogens is 295 g/mol. The fourth-order valence-corrected chi connectivity index (χ4v) is 3.33. The van der Waals surface area contributed by atoms with Gasteiger partial charge >= 0.3 is 5.97 Å². The molecule has 1 saturated carbocycles. The van der Waals surface area contributed by atoms with Crippen molar-refractivity contribution in [2.75, 3.05) is 25.4 Å². The maximum atomic E-state index is 13.9. The molecule has 3 rings (SSSR count). The minimum Gasteiger partial charge on any atom is -0.465 e. The quantitative estimate of drug-likeness (QED) is 0.669. The first-order chi connectivity index (χ1) is 10.9. The van der Waals surface area contributed by atoms with Crippen molar-refractivity contribution in [1.29, 1.82) is 0 Å². The summed E-state index contributed by atoms with van der Waals surface area (Å²) in [6, 6.07) is 5.38. The van der Waals surface area contributed by atoms with E-state index in [0.29, 0.717) is 24.3 Å². The third kappa shape index (κ3) is 3.50. The lowest BCUT2D eigenvalue weighted by Gasteiger charge is -2.50. The Kier molecular flexibility index (Phi) is 4.57. The number of nitrogen functional groups attached to an aromatic ring is 1. The first kappa shape index (κ1) is 16.2. The minimum absolute atomic E-state index is 0.0473. The van der Waals surface area contributed by atoms with E-state index >= 15 is 0 Å². The summed E-state index contributed by atoms with van der Waals surface area (Å²) in [5, 5.41) is 0. The number of anilines is 1. The lowest BCUT2D eigenvalue weighted by molar-refractivity contribution is -0.156. The van der Waals surface area contributed by atoms with Crippen LogP contribution >= 0.6 is 0 Å². The number of benzene rings is 1. The van der Waals surface area contributed by atoms with Crippen LogP contribution in [0.4, 0.5) is 10.1 Å². The van der Waals surface area contributed by atoms with Gasteiger partial charge in [-0.05, 0) is 36.5 Å². The average molecular weight is 320 g/mol. The van der Waals surface area contributed by atoms with E-state index in [9.17, 15) is 9.18 Å². The van der Waals surface area contributed by atoms with Crippen LogP contribution in [0, 0.1) is 17.7 Å². The van der Waals surface area contributed by atoms with Crippen LogP contribution in [0.1, 0.15) is 38.2 Å². The molecule has 4 nitrogen and oxygen atoms in total. The van der Waals surface area contributed by atoms with Crippen LogP contribution in [-0.2, 0) is 9.53 Å². The maximum Gasteiger partial charge on any atom is 0.309 e. The number of rotatable bonds is 5. The Balaban J connectivity index is 1.42. The lowest BCUT2D eigenvalue weighted by atomic mass is 9.76. The van der Waals surface area contributed by atoms with E-state index in [2.05, 4.69) is 4.90 Å². The fraction of sp³-hybridized carbons (Fsp3) is 0.611. The summed E-state index contributed by atoms with van der Waals surface area (Å²) in [4.78, 5) is 14.2. The highest BCUT2D eigenvalue weighted by molar-refractivity contribution is 5.73. The molecule has 2 fully saturated rings. The normalized spacial score (nSPS) is 25.0. The molecule has 0 atom stereocenters. The van der Waals surface area contributed by atoms with Gasteiger partial charge in [0.1, 0.15) is 5.82 Å². The summed E-state index contributed by atoms with van der Waals surface area (Å²) >= 11 is 0. The largest absolute Gasteiger partial charge is 0.465 e. The van der Waals surface area contributed by atoms with Gasteiger partial charge in [0.2, 0.25) is 0 Å². The molecule has 1 saturated heterocycles. The van der Waals surface area contributed by atoms with Crippen molar-refractivity contribution in [3.05, 3.63) is 29.6 Å². The number of likely N-dealkylation sites (tertiary alicyclic amines) is 1. The van der Waals surface area contributed by atoms with Crippen molar-refractivity contribution < 1.29 is 13.9 Å². The van der Waals surface area contributed by atoms with Crippen LogP contribution in [0.5, 0.6) is 0 Å². The van der Waals surface area contributed by atoms with Crippen LogP contribution in [0.3, 0.4) is 0 Å². The fourth-order valence-electron chi connectivity index (χ4n) is 3.33. The van der Waals surface area contributed by atoms with Gasteiger partial charge in [-0.15, -0.1) is 0 Å². The zero-order valence-electron chi connectivity index (χ0n) is 13.8. The third-order valence-electron chi connectivity index (χ3n) is 4.90. The molecule has 1 aliphatic heterocycles. The summed E-state index contributed by atoms with van der Waals surface area (Å²) in [7, 11) is 0. The molecular formula is C18H25FN2O2. The molecule has 0 amide bonds. The molecule has 23 heavy (non-hydrogen) atoms. The monoisotopic (exact) mass is 320 g/mol. The summed E-state index contributed by atoms with van der Waals surface area (Å²) in [6.07, 6.45) is 1.74. The van der Waals surface area contributed by atoms with E-state index in [0.717, 1.165) is 31.5 Å². The van der Waals surface area contributed by atoms with Crippen molar-refractivity contribution >= 4 is 11.7 Å². The van der Waals surface area contributed by atoms with E-state index in [1.807, 2.05) is 13.8 Å². The van der Waals surface area contributed by atoms with Crippen LogP contribution < -0.4 is 5.73 Å². The Morgan fingerprint density at radius 3 is 2.70 bits per heavy atom. The third-order valence-corrected chi connectivity index (χ3v) is 4.90. The van der Waals surface area contributed by atoms with Gasteiger partial charge in [0.05, 0.1) is 12.5 Å². The molecule has 0 aromatic heterocycles. The van der Waals surface area contributed by atoms with Crippen LogP contribution in [0.2, 0.25) is 0 Å². The predicted octanol–water partition coefficient (Wildman–Crippen LogP) is 2.78. The molecule has 2 aliphatic rings. The Hall–Kier alpha value is -1.62. The van der Waals surface area contributed by atoms with Gasteiger partial charge < -0.3 is 10.5 Å². The molecule has 0 radical (unpaired) electrons. The topological polar surface area (TPSA) is 55.6 Å². The molecule has 0 spiro atoms. The number of nitrogens with zero attached hydrogens (tertiary/aromatic N) is 1. The van der Waals surface area contributed by atoms with E-state index < -0.39 is 0 Å². The van der Waals surface area contributed by atoms with Crippen molar-refractivity contribution in [1.82, 2.24) is 4.90 Å². The summed E-state index contributed by atoms with van der Waals surface area (Å²) in [5.74, 6) is 0.393. The van der Waals surface area contributed by atoms with E-state index in [1.165, 1.54) is 6.07 Å². The highest BCUT2D eigenvalue weighted by Crippen LogP contribution is 2.39. The number of esters is 1. The number of hydrogen-bond acceptors (Lipinski definition) is 4. The van der Waals surface area contributed by atoms with Crippen LogP contribution in [0.15, 0.2) is 18.2 Å². The van der Waals surface area contributed by atoms with Crippen LogP contribution in [0.25, 0.3) is 0 Å². The minimum atomic E-state index is -0.210. The second kappa shape index (κ2) is 6.48. The van der Waals surface area contributed by atoms with Gasteiger partial charge in [0, 0.05) is 30.7 Å². The van der Waals surface area contributed by atoms with Gasteiger partial charge in [-0.1, -0.05) is 19.9 Å². The first-order valence-electron chi connectivity index (χ1n) is 8.39. The summed E-state index contributed by atoms with van der Waals surface area (Å²) < 4.78 is 19.2. The Bertz CT molecular complexity index is 578. The molecule has 0 bridgehead atoms. The smallest absolute Gasteiger partial charge is 0.309 e. The zero-order chi connectivity index (χ0) is 16.6. The molecule has 1 aromatic rings. The first-order valence-corrected chi connectivity index (χ1v) is 8.39. The average Bonchev–Trinajstić information content (AvgIpc) is 2.38. The van der Waals surface area contributed by atoms with Crippen LogP contribution in [-0.4, -0.2) is 36.6 Å². The predicted molar refractivity (Wildman–Crippen MR) is 87.4 cm³/mol. The second-order valence-corrected chi connectivity index (χ2v) is 7.28. The standard InChI is InChI=1S/C18H25FN2O2/c1-11(2)10-23-18(22)12-5-15(6-12)21-8-13(9-21)16-4-3-14(20)7-17(16)19/h3-4,7,11-13,15H,5-6,8-10,20H2,1-2H3/t12-,15+. The molecule has 5 heteroatoms. The van der Waals surface area contributed by atoms with Crippen molar-refractivity contribution in [2.45, 2.75) is 38.6 Å². The lowest BCUT2D eigenvalue weighted by Crippen LogP contribution is -2.56.